The van der Waals surface area contributed by atoms with Gasteiger partial charge in [-0.25, -0.2) is 0 Å². The summed E-state index contributed by atoms with van der Waals surface area (Å²) in [6, 6.07) is 13.1. The van der Waals surface area contributed by atoms with Crippen LogP contribution in [0.15, 0.2) is 47.4 Å². The molecule has 0 fully saturated rings. The fraction of sp³-hybridized carbons (Fsp3) is 0.263. The van der Waals surface area contributed by atoms with E-state index in [1.54, 1.807) is 11.8 Å². The van der Waals surface area contributed by atoms with E-state index in [2.05, 4.69) is 0 Å². The van der Waals surface area contributed by atoms with E-state index in [4.69, 9.17) is 11.6 Å². The van der Waals surface area contributed by atoms with Gasteiger partial charge in [0.15, 0.2) is 5.78 Å². The van der Waals surface area contributed by atoms with Crippen LogP contribution >= 0.6 is 23.4 Å². The van der Waals surface area contributed by atoms with Crippen molar-refractivity contribution in [3.63, 3.8) is 0 Å². The van der Waals surface area contributed by atoms with Gasteiger partial charge < -0.3 is 4.90 Å². The molecule has 3 nitrogen and oxygen atoms in total. The van der Waals surface area contributed by atoms with Crippen LogP contribution in [0.3, 0.4) is 0 Å². The normalized spacial score (nSPS) is 14.4. The number of anilines is 1. The Hall–Kier alpha value is -1.78. The van der Waals surface area contributed by atoms with Crippen LogP contribution in [0.25, 0.3) is 0 Å². The number of thioether (sulfide) groups is 1. The second kappa shape index (κ2) is 6.99. The van der Waals surface area contributed by atoms with Crippen LogP contribution in [0.1, 0.15) is 29.8 Å². The molecule has 0 spiro atoms. The van der Waals surface area contributed by atoms with Gasteiger partial charge in [-0.15, -0.1) is 11.8 Å². The molecule has 124 valence electrons. The number of ketones is 1. The molecular formula is C19H18ClNO2S. The number of rotatable bonds is 4. The number of carbonyl (C=O) groups excluding carboxylic acids is 2. The predicted molar refractivity (Wildman–Crippen MR) is 99.3 cm³/mol. The molecular weight excluding hydrogens is 342 g/mol. The number of nitrogens with zero attached hydrogens (tertiary/aromatic N) is 1. The molecule has 0 saturated carbocycles. The third kappa shape index (κ3) is 3.50. The van der Waals surface area contributed by atoms with Crippen LogP contribution < -0.4 is 4.90 Å². The summed E-state index contributed by atoms with van der Waals surface area (Å²) >= 11 is 7.41. The minimum absolute atomic E-state index is 0.0412. The lowest BCUT2D eigenvalue weighted by atomic mass is 10.0. The largest absolute Gasteiger partial charge is 0.312 e. The number of benzene rings is 2. The highest BCUT2D eigenvalue weighted by Crippen LogP contribution is 2.31. The summed E-state index contributed by atoms with van der Waals surface area (Å²) in [7, 11) is 0. The Labute approximate surface area is 151 Å². The predicted octanol–water partition coefficient (Wildman–Crippen LogP) is 4.61. The zero-order chi connectivity index (χ0) is 17.3. The fourth-order valence-electron chi connectivity index (χ4n) is 2.89. The molecule has 0 saturated heterocycles. The first-order valence-electron chi connectivity index (χ1n) is 7.83. The van der Waals surface area contributed by atoms with Crippen LogP contribution in [0.5, 0.6) is 0 Å². The Kier molecular flexibility index (Phi) is 4.97. The molecule has 24 heavy (non-hydrogen) atoms. The molecule has 1 atom stereocenters. The Bertz CT molecular complexity index is 788. The van der Waals surface area contributed by atoms with Gasteiger partial charge in [-0.3, -0.25) is 9.59 Å². The molecule has 1 heterocycles. The van der Waals surface area contributed by atoms with E-state index < -0.39 is 0 Å². The number of Topliss-reactive ketones (excluding diaryl/α,β-unsaturated/α-hetero) is 1. The van der Waals surface area contributed by atoms with Crippen molar-refractivity contribution in [1.29, 1.82) is 0 Å². The number of carbonyl (C=O) groups is 2. The van der Waals surface area contributed by atoms with Gasteiger partial charge >= 0.3 is 0 Å². The zero-order valence-corrected chi connectivity index (χ0v) is 15.2. The summed E-state index contributed by atoms with van der Waals surface area (Å²) in [5.41, 5.74) is 2.70. The summed E-state index contributed by atoms with van der Waals surface area (Å²) in [6.45, 7) is 4.17. The van der Waals surface area contributed by atoms with Gasteiger partial charge in [-0.05, 0) is 61.4 Å². The molecule has 5 heteroatoms. The summed E-state index contributed by atoms with van der Waals surface area (Å²) in [6.07, 6.45) is 0.800. The zero-order valence-electron chi connectivity index (χ0n) is 13.6. The first-order valence-corrected chi connectivity index (χ1v) is 9.09. The number of hydrogen-bond acceptors (Lipinski definition) is 3. The molecule has 2 aromatic carbocycles. The molecule has 0 aromatic heterocycles. The summed E-state index contributed by atoms with van der Waals surface area (Å²) in [4.78, 5) is 27.1. The van der Waals surface area contributed by atoms with Crippen LogP contribution in [0, 0.1) is 0 Å². The molecule has 1 aliphatic rings. The number of hydrogen-bond donors (Lipinski definition) is 0. The van der Waals surface area contributed by atoms with Gasteiger partial charge in [0.25, 0.3) is 0 Å². The molecule has 3 rings (SSSR count). The number of amides is 1. The highest BCUT2D eigenvalue weighted by atomic mass is 35.5. The van der Waals surface area contributed by atoms with E-state index in [1.807, 2.05) is 49.4 Å². The van der Waals surface area contributed by atoms with Crippen molar-refractivity contribution in [1.82, 2.24) is 0 Å². The van der Waals surface area contributed by atoms with Crippen LogP contribution in [0.4, 0.5) is 5.69 Å². The lowest BCUT2D eigenvalue weighted by molar-refractivity contribution is -0.116. The molecule has 0 unspecified atom stereocenters. The Morgan fingerprint density at radius 1 is 1.17 bits per heavy atom. The lowest BCUT2D eigenvalue weighted by Gasteiger charge is -2.15. The van der Waals surface area contributed by atoms with Crippen LogP contribution in [0.2, 0.25) is 5.02 Å². The SMILES string of the molecule is CC(=O)N1CCc2cc(C(=O)[C@@H](C)Sc3ccc(Cl)cc3)ccc21. The smallest absolute Gasteiger partial charge is 0.223 e. The van der Waals surface area contributed by atoms with Crippen molar-refractivity contribution < 1.29 is 9.59 Å². The van der Waals surface area contributed by atoms with Crippen molar-refractivity contribution >= 4 is 40.7 Å². The van der Waals surface area contributed by atoms with Gasteiger partial charge in [-0.2, -0.15) is 0 Å². The van der Waals surface area contributed by atoms with Gasteiger partial charge in [0, 0.05) is 34.6 Å². The monoisotopic (exact) mass is 359 g/mol. The van der Waals surface area contributed by atoms with E-state index in [0.29, 0.717) is 17.1 Å². The average molecular weight is 360 g/mol. The average Bonchev–Trinajstić information content (AvgIpc) is 2.99. The summed E-state index contributed by atoms with van der Waals surface area (Å²) in [5.74, 6) is 0.138. The highest BCUT2D eigenvalue weighted by Gasteiger charge is 2.24. The van der Waals surface area contributed by atoms with E-state index >= 15 is 0 Å². The molecule has 1 amide bonds. The second-order valence-corrected chi connectivity index (χ2v) is 7.69. The van der Waals surface area contributed by atoms with Gasteiger partial charge in [0.1, 0.15) is 0 Å². The van der Waals surface area contributed by atoms with Crippen molar-refractivity contribution in [3.8, 4) is 0 Å². The van der Waals surface area contributed by atoms with E-state index in [9.17, 15) is 9.59 Å². The van der Waals surface area contributed by atoms with E-state index in [-0.39, 0.29) is 16.9 Å². The highest BCUT2D eigenvalue weighted by molar-refractivity contribution is 8.00. The maximum absolute atomic E-state index is 12.7. The van der Waals surface area contributed by atoms with Gasteiger partial charge in [-0.1, -0.05) is 11.6 Å². The van der Waals surface area contributed by atoms with Crippen LogP contribution in [-0.4, -0.2) is 23.5 Å². The van der Waals surface area contributed by atoms with Gasteiger partial charge in [0.2, 0.25) is 5.91 Å². The maximum atomic E-state index is 12.7. The molecule has 0 N–H and O–H groups in total. The van der Waals surface area contributed by atoms with Gasteiger partial charge in [0.05, 0.1) is 5.25 Å². The fourth-order valence-corrected chi connectivity index (χ4v) is 3.96. The number of fused-ring (bicyclic) bond motifs is 1. The standard InChI is InChI=1S/C19H18ClNO2S/c1-12(24-17-6-4-16(20)5-7-17)19(23)15-3-8-18-14(11-15)9-10-21(18)13(2)22/h3-8,11-12H,9-10H2,1-2H3/t12-/m1/s1. The Morgan fingerprint density at radius 3 is 2.54 bits per heavy atom. The van der Waals surface area contributed by atoms with Crippen molar-refractivity contribution in [2.45, 2.75) is 30.4 Å². The van der Waals surface area contributed by atoms with Crippen molar-refractivity contribution in [2.24, 2.45) is 0 Å². The Morgan fingerprint density at radius 2 is 1.88 bits per heavy atom. The van der Waals surface area contributed by atoms with E-state index in [1.165, 1.54) is 11.8 Å². The topological polar surface area (TPSA) is 37.4 Å². The first kappa shape index (κ1) is 17.1. The second-order valence-electron chi connectivity index (χ2n) is 5.84. The lowest BCUT2D eigenvalue weighted by Crippen LogP contribution is -2.25. The minimum Gasteiger partial charge on any atom is -0.312 e. The van der Waals surface area contributed by atoms with Crippen LogP contribution in [-0.2, 0) is 11.2 Å². The molecule has 1 aliphatic heterocycles. The Balaban J connectivity index is 1.75. The third-order valence-electron chi connectivity index (χ3n) is 4.14. The first-order chi connectivity index (χ1) is 11.5. The summed E-state index contributed by atoms with van der Waals surface area (Å²) in [5, 5.41) is 0.501. The third-order valence-corrected chi connectivity index (χ3v) is 5.50. The molecule has 0 aliphatic carbocycles. The molecule has 0 bridgehead atoms. The molecule has 2 aromatic rings. The molecule has 0 radical (unpaired) electrons. The van der Waals surface area contributed by atoms with Crippen molar-refractivity contribution in [3.05, 3.63) is 58.6 Å². The number of halogens is 1. The van der Waals surface area contributed by atoms with Crippen molar-refractivity contribution in [2.75, 3.05) is 11.4 Å². The quantitative estimate of drug-likeness (QED) is 0.590. The maximum Gasteiger partial charge on any atom is 0.223 e. The summed E-state index contributed by atoms with van der Waals surface area (Å²) < 4.78 is 0. The van der Waals surface area contributed by atoms with E-state index in [0.717, 1.165) is 22.6 Å². The minimum atomic E-state index is -0.186.